The number of aliphatic hydroxyl groups is 1. The first kappa shape index (κ1) is 19.6. The molecule has 0 aromatic carbocycles. The Kier molecular flexibility index (Phi) is 5.35. The van der Waals surface area contributed by atoms with Gasteiger partial charge in [-0.25, -0.2) is 0 Å². The zero-order chi connectivity index (χ0) is 20.5. The summed E-state index contributed by atoms with van der Waals surface area (Å²) >= 11 is 0. The van der Waals surface area contributed by atoms with Crippen molar-refractivity contribution in [1.29, 1.82) is 0 Å². The Morgan fingerprint density at radius 3 is 2.86 bits per heavy atom. The number of carbonyl (C=O) groups excluding carboxylic acids is 2. The van der Waals surface area contributed by atoms with Crippen LogP contribution in [0.4, 0.5) is 0 Å². The minimum absolute atomic E-state index is 0.112. The van der Waals surface area contributed by atoms with Crippen LogP contribution in [0.5, 0.6) is 0 Å². The topological polar surface area (TPSA) is 137 Å². The van der Waals surface area contributed by atoms with Crippen LogP contribution in [0.1, 0.15) is 66.4 Å². The molecule has 3 N–H and O–H groups in total. The zero-order valence-corrected chi connectivity index (χ0v) is 16.6. The second-order valence-corrected chi connectivity index (χ2v) is 7.95. The van der Waals surface area contributed by atoms with Gasteiger partial charge in [0, 0.05) is 31.0 Å². The standard InChI is InChI=1S/C19H26N6O4/c1-3-17-21-16(24-29-17)9-25(2)19(28)11-6-13(15(26)7-11)20-18(27)14-8-12(22-23-14)10-4-5-10/h8,10-11,13,15,26H,3-7,9H2,1-2H3,(H,20,27)(H,22,23)/t11-,13-,15-/m0/s1. The number of aryl methyl sites for hydroxylation is 1. The number of carbonyl (C=O) groups is 2. The molecule has 2 fully saturated rings. The minimum Gasteiger partial charge on any atom is -0.391 e. The summed E-state index contributed by atoms with van der Waals surface area (Å²) in [6.45, 7) is 2.15. The zero-order valence-electron chi connectivity index (χ0n) is 16.6. The summed E-state index contributed by atoms with van der Waals surface area (Å²) in [6, 6.07) is 1.28. The average molecular weight is 402 g/mol. The van der Waals surface area contributed by atoms with E-state index in [2.05, 4.69) is 25.7 Å². The summed E-state index contributed by atoms with van der Waals surface area (Å²) in [5, 5.41) is 24.0. The Morgan fingerprint density at radius 2 is 2.17 bits per heavy atom. The van der Waals surface area contributed by atoms with Gasteiger partial charge in [-0.1, -0.05) is 12.1 Å². The van der Waals surface area contributed by atoms with Gasteiger partial charge in [0.05, 0.1) is 18.7 Å². The van der Waals surface area contributed by atoms with E-state index in [9.17, 15) is 14.7 Å². The molecular weight excluding hydrogens is 376 g/mol. The molecule has 0 radical (unpaired) electrons. The molecule has 2 aliphatic rings. The van der Waals surface area contributed by atoms with Crippen LogP contribution in [-0.4, -0.2) is 61.4 Å². The van der Waals surface area contributed by atoms with Crippen molar-refractivity contribution in [2.45, 2.75) is 63.6 Å². The highest BCUT2D eigenvalue weighted by Gasteiger charge is 2.39. The van der Waals surface area contributed by atoms with Gasteiger partial charge in [-0.3, -0.25) is 14.7 Å². The van der Waals surface area contributed by atoms with Crippen LogP contribution in [-0.2, 0) is 17.8 Å². The molecule has 4 rings (SSSR count). The fourth-order valence-electron chi connectivity index (χ4n) is 3.77. The number of aliphatic hydroxyl groups excluding tert-OH is 1. The third kappa shape index (κ3) is 4.31. The maximum absolute atomic E-state index is 12.8. The Balaban J connectivity index is 1.31. The van der Waals surface area contributed by atoms with E-state index in [0.29, 0.717) is 42.6 Å². The molecule has 2 aromatic rings. The van der Waals surface area contributed by atoms with E-state index in [4.69, 9.17) is 4.52 Å². The van der Waals surface area contributed by atoms with Crippen molar-refractivity contribution >= 4 is 11.8 Å². The quantitative estimate of drug-likeness (QED) is 0.622. The molecule has 0 aliphatic heterocycles. The molecule has 2 aliphatic carbocycles. The Bertz CT molecular complexity index is 889. The van der Waals surface area contributed by atoms with Gasteiger partial charge in [0.15, 0.2) is 5.82 Å². The largest absolute Gasteiger partial charge is 0.391 e. The molecule has 3 atom stereocenters. The molecule has 10 heteroatoms. The van der Waals surface area contributed by atoms with Crippen molar-refractivity contribution in [1.82, 2.24) is 30.6 Å². The van der Waals surface area contributed by atoms with E-state index < -0.39 is 12.1 Å². The molecule has 2 aromatic heterocycles. The molecule has 156 valence electrons. The minimum atomic E-state index is -0.778. The molecule has 2 saturated carbocycles. The number of aromatic amines is 1. The predicted molar refractivity (Wildman–Crippen MR) is 101 cm³/mol. The molecule has 0 saturated heterocycles. The number of nitrogens with zero attached hydrogens (tertiary/aromatic N) is 4. The Hall–Kier alpha value is -2.75. The number of hydrogen-bond acceptors (Lipinski definition) is 7. The van der Waals surface area contributed by atoms with Gasteiger partial charge in [-0.2, -0.15) is 10.1 Å². The van der Waals surface area contributed by atoms with Crippen molar-refractivity contribution in [3.8, 4) is 0 Å². The van der Waals surface area contributed by atoms with Gasteiger partial charge in [0.2, 0.25) is 11.8 Å². The first-order valence-corrected chi connectivity index (χ1v) is 10.0. The van der Waals surface area contributed by atoms with E-state index in [1.165, 1.54) is 4.90 Å². The van der Waals surface area contributed by atoms with Crippen LogP contribution in [0.3, 0.4) is 0 Å². The fourth-order valence-corrected chi connectivity index (χ4v) is 3.77. The predicted octanol–water partition coefficient (Wildman–Crippen LogP) is 0.760. The van der Waals surface area contributed by atoms with Gasteiger partial charge in [0.1, 0.15) is 5.69 Å². The summed E-state index contributed by atoms with van der Waals surface area (Å²) in [5.74, 6) is 0.636. The molecule has 10 nitrogen and oxygen atoms in total. The highest BCUT2D eigenvalue weighted by Crippen LogP contribution is 2.39. The number of nitrogens with one attached hydrogen (secondary N) is 2. The fraction of sp³-hybridized carbons (Fsp3) is 0.632. The number of hydrogen-bond donors (Lipinski definition) is 3. The summed E-state index contributed by atoms with van der Waals surface area (Å²) in [6.07, 6.45) is 2.77. The van der Waals surface area contributed by atoms with Gasteiger partial charge in [-0.15, -0.1) is 0 Å². The third-order valence-electron chi connectivity index (χ3n) is 5.61. The van der Waals surface area contributed by atoms with Crippen LogP contribution >= 0.6 is 0 Å². The molecule has 2 heterocycles. The lowest BCUT2D eigenvalue weighted by Gasteiger charge is -2.19. The number of amides is 2. The van der Waals surface area contributed by atoms with Crippen molar-refractivity contribution in [3.63, 3.8) is 0 Å². The molecular formula is C19H26N6O4. The summed E-state index contributed by atoms with van der Waals surface area (Å²) in [7, 11) is 1.67. The Labute approximate surface area is 168 Å². The maximum Gasteiger partial charge on any atom is 0.272 e. The van der Waals surface area contributed by atoms with Crippen molar-refractivity contribution in [3.05, 3.63) is 29.2 Å². The van der Waals surface area contributed by atoms with E-state index in [-0.39, 0.29) is 24.3 Å². The number of H-pyrrole nitrogens is 1. The van der Waals surface area contributed by atoms with Crippen molar-refractivity contribution < 1.29 is 19.2 Å². The summed E-state index contributed by atoms with van der Waals surface area (Å²) in [5.41, 5.74) is 1.29. The van der Waals surface area contributed by atoms with Crippen LogP contribution in [0, 0.1) is 5.92 Å². The number of rotatable bonds is 7. The van der Waals surface area contributed by atoms with E-state index in [1.54, 1.807) is 13.1 Å². The van der Waals surface area contributed by atoms with Gasteiger partial charge < -0.3 is 19.8 Å². The third-order valence-corrected chi connectivity index (χ3v) is 5.61. The van der Waals surface area contributed by atoms with Crippen molar-refractivity contribution in [2.75, 3.05) is 7.05 Å². The molecule has 2 amide bonds. The van der Waals surface area contributed by atoms with Crippen LogP contribution < -0.4 is 5.32 Å². The monoisotopic (exact) mass is 402 g/mol. The highest BCUT2D eigenvalue weighted by molar-refractivity contribution is 5.92. The summed E-state index contributed by atoms with van der Waals surface area (Å²) < 4.78 is 5.07. The maximum atomic E-state index is 12.8. The molecule has 29 heavy (non-hydrogen) atoms. The highest BCUT2D eigenvalue weighted by atomic mass is 16.5. The van der Waals surface area contributed by atoms with Crippen molar-refractivity contribution in [2.24, 2.45) is 5.92 Å². The first-order valence-electron chi connectivity index (χ1n) is 10.0. The lowest BCUT2D eigenvalue weighted by Crippen LogP contribution is -2.40. The number of aromatic nitrogens is 4. The van der Waals surface area contributed by atoms with Crippen LogP contribution in [0.2, 0.25) is 0 Å². The van der Waals surface area contributed by atoms with E-state index in [0.717, 1.165) is 18.5 Å². The van der Waals surface area contributed by atoms with E-state index in [1.807, 2.05) is 6.92 Å². The lowest BCUT2D eigenvalue weighted by atomic mass is 10.1. The second kappa shape index (κ2) is 7.94. The van der Waals surface area contributed by atoms with Crippen LogP contribution in [0.15, 0.2) is 10.6 Å². The van der Waals surface area contributed by atoms with Gasteiger partial charge >= 0.3 is 0 Å². The molecule has 0 bridgehead atoms. The normalized spacial score (nSPS) is 23.9. The van der Waals surface area contributed by atoms with E-state index >= 15 is 0 Å². The smallest absolute Gasteiger partial charge is 0.272 e. The summed E-state index contributed by atoms with van der Waals surface area (Å²) in [4.78, 5) is 31.0. The Morgan fingerprint density at radius 1 is 1.38 bits per heavy atom. The molecule has 0 unspecified atom stereocenters. The lowest BCUT2D eigenvalue weighted by molar-refractivity contribution is -0.134. The first-order chi connectivity index (χ1) is 13.9. The molecule has 0 spiro atoms. The second-order valence-electron chi connectivity index (χ2n) is 7.95. The van der Waals surface area contributed by atoms with Gasteiger partial charge in [0.25, 0.3) is 5.91 Å². The van der Waals surface area contributed by atoms with Gasteiger partial charge in [-0.05, 0) is 31.7 Å². The van der Waals surface area contributed by atoms with Crippen LogP contribution in [0.25, 0.3) is 0 Å². The SMILES string of the molecule is CCc1nc(CN(C)C(=O)[C@H]2C[C@H](NC(=O)c3cc(C4CC4)[nH]n3)[C@@H](O)C2)no1. The average Bonchev–Trinajstić information content (AvgIpc) is 3.11.